The molecule has 0 bridgehead atoms. The first-order valence-corrected chi connectivity index (χ1v) is 9.12. The monoisotopic (exact) mass is 377 g/mol. The number of carbonyl (C=O) groups is 3. The summed E-state index contributed by atoms with van der Waals surface area (Å²) in [6.07, 6.45) is -0.406. The third-order valence-corrected chi connectivity index (χ3v) is 4.57. The van der Waals surface area contributed by atoms with E-state index in [2.05, 4.69) is 5.32 Å². The fourth-order valence-corrected chi connectivity index (χ4v) is 2.90. The largest absolute Gasteiger partial charge is 0.453 e. The number of nitrogens with one attached hydrogen (secondary N) is 1. The molecule has 2 rings (SSSR count). The van der Waals surface area contributed by atoms with Crippen molar-refractivity contribution >= 4 is 29.0 Å². The van der Waals surface area contributed by atoms with E-state index in [-0.39, 0.29) is 24.4 Å². The predicted octanol–water partition coefficient (Wildman–Crippen LogP) is 3.14. The molecule has 0 fully saturated rings. The number of benzene rings is 1. The SMILES string of the molecule is C[C@H](OC(=O)CCC(=O)c1cccs1)C(=O)NCCc1ccc(F)cc1. The lowest BCUT2D eigenvalue weighted by molar-refractivity contribution is -0.154. The van der Waals surface area contributed by atoms with Gasteiger partial charge in [0.15, 0.2) is 11.9 Å². The van der Waals surface area contributed by atoms with Crippen LogP contribution in [0.5, 0.6) is 0 Å². The van der Waals surface area contributed by atoms with Gasteiger partial charge in [-0.1, -0.05) is 18.2 Å². The van der Waals surface area contributed by atoms with Crippen molar-refractivity contribution in [2.45, 2.75) is 32.3 Å². The van der Waals surface area contributed by atoms with Gasteiger partial charge in [-0.25, -0.2) is 4.39 Å². The Morgan fingerprint density at radius 1 is 1.15 bits per heavy atom. The van der Waals surface area contributed by atoms with Crippen LogP contribution in [0, 0.1) is 5.82 Å². The number of esters is 1. The lowest BCUT2D eigenvalue weighted by Crippen LogP contribution is -2.36. The van der Waals surface area contributed by atoms with E-state index >= 15 is 0 Å². The van der Waals surface area contributed by atoms with Crippen molar-refractivity contribution in [3.8, 4) is 0 Å². The summed E-state index contributed by atoms with van der Waals surface area (Å²) in [6, 6.07) is 9.49. The number of halogens is 1. The lowest BCUT2D eigenvalue weighted by Gasteiger charge is -2.13. The van der Waals surface area contributed by atoms with Crippen LogP contribution in [0.4, 0.5) is 4.39 Å². The van der Waals surface area contributed by atoms with Crippen LogP contribution < -0.4 is 5.32 Å². The number of rotatable bonds is 9. The molecule has 0 aliphatic rings. The standard InChI is InChI=1S/C19H20FNO4S/c1-13(19(24)21-11-10-14-4-6-15(20)7-5-14)25-18(23)9-8-16(22)17-3-2-12-26-17/h2-7,12-13H,8-11H2,1H3,(H,21,24)/t13-/m0/s1. The number of ether oxygens (including phenoxy) is 1. The van der Waals surface area contributed by atoms with Crippen molar-refractivity contribution in [2.75, 3.05) is 6.54 Å². The Balaban J connectivity index is 1.66. The normalized spacial score (nSPS) is 11.6. The summed E-state index contributed by atoms with van der Waals surface area (Å²) in [5, 5.41) is 4.46. The Bertz CT molecular complexity index is 743. The first kappa shape index (κ1) is 19.8. The molecular formula is C19H20FNO4S. The van der Waals surface area contributed by atoms with E-state index in [1.807, 2.05) is 0 Å². The van der Waals surface area contributed by atoms with Crippen LogP contribution >= 0.6 is 11.3 Å². The zero-order valence-corrected chi connectivity index (χ0v) is 15.2. The predicted molar refractivity (Wildman–Crippen MR) is 96.6 cm³/mol. The Morgan fingerprint density at radius 2 is 1.88 bits per heavy atom. The molecule has 2 aromatic rings. The maximum Gasteiger partial charge on any atom is 0.307 e. The highest BCUT2D eigenvalue weighted by molar-refractivity contribution is 7.12. The molecule has 0 saturated heterocycles. The van der Waals surface area contributed by atoms with Crippen LogP contribution in [0.3, 0.4) is 0 Å². The Kier molecular flexibility index (Phi) is 7.47. The summed E-state index contributed by atoms with van der Waals surface area (Å²) in [7, 11) is 0. The molecule has 1 aromatic heterocycles. The minimum absolute atomic E-state index is 0.0538. The van der Waals surface area contributed by atoms with Gasteiger partial charge in [0.2, 0.25) is 0 Å². The van der Waals surface area contributed by atoms with Crippen molar-refractivity contribution in [2.24, 2.45) is 0 Å². The number of amides is 1. The maximum atomic E-state index is 12.8. The molecular weight excluding hydrogens is 357 g/mol. The number of ketones is 1. The van der Waals surface area contributed by atoms with Crippen molar-refractivity contribution in [3.63, 3.8) is 0 Å². The topological polar surface area (TPSA) is 72.5 Å². The van der Waals surface area contributed by atoms with Gasteiger partial charge in [-0.2, -0.15) is 0 Å². The Labute approximate surface area is 155 Å². The summed E-state index contributed by atoms with van der Waals surface area (Å²) >= 11 is 1.32. The molecule has 0 aliphatic carbocycles. The molecule has 5 nitrogen and oxygen atoms in total. The van der Waals surface area contributed by atoms with Gasteiger partial charge < -0.3 is 10.1 Å². The van der Waals surface area contributed by atoms with Crippen LogP contribution in [0.1, 0.15) is 35.0 Å². The van der Waals surface area contributed by atoms with E-state index in [4.69, 9.17) is 4.74 Å². The molecule has 0 unspecified atom stereocenters. The molecule has 0 saturated carbocycles. The van der Waals surface area contributed by atoms with E-state index in [0.717, 1.165) is 5.56 Å². The minimum Gasteiger partial charge on any atom is -0.453 e. The van der Waals surface area contributed by atoms with Gasteiger partial charge in [0.05, 0.1) is 11.3 Å². The van der Waals surface area contributed by atoms with E-state index in [0.29, 0.717) is 17.8 Å². The number of hydrogen-bond donors (Lipinski definition) is 1. The smallest absolute Gasteiger partial charge is 0.307 e. The van der Waals surface area contributed by atoms with Gasteiger partial charge in [-0.05, 0) is 42.5 Å². The van der Waals surface area contributed by atoms with E-state index < -0.39 is 18.0 Å². The van der Waals surface area contributed by atoms with Gasteiger partial charge in [-0.3, -0.25) is 14.4 Å². The van der Waals surface area contributed by atoms with Crippen molar-refractivity contribution in [3.05, 3.63) is 58.0 Å². The molecule has 1 atom stereocenters. The molecule has 138 valence electrons. The van der Waals surface area contributed by atoms with Gasteiger partial charge in [0.1, 0.15) is 5.82 Å². The molecule has 1 heterocycles. The molecule has 1 aromatic carbocycles. The quantitative estimate of drug-likeness (QED) is 0.538. The van der Waals surface area contributed by atoms with Gasteiger partial charge in [0.25, 0.3) is 5.91 Å². The van der Waals surface area contributed by atoms with Crippen LogP contribution in [-0.4, -0.2) is 30.3 Å². The Hall–Kier alpha value is -2.54. The highest BCUT2D eigenvalue weighted by Crippen LogP contribution is 2.12. The van der Waals surface area contributed by atoms with Crippen molar-refractivity contribution in [1.82, 2.24) is 5.32 Å². The number of carbonyl (C=O) groups excluding carboxylic acids is 3. The summed E-state index contributed by atoms with van der Waals surface area (Å²) in [5.41, 5.74) is 0.892. The third kappa shape index (κ3) is 6.40. The second-order valence-electron chi connectivity index (χ2n) is 5.70. The zero-order valence-electron chi connectivity index (χ0n) is 14.4. The summed E-state index contributed by atoms with van der Waals surface area (Å²) in [6.45, 7) is 1.83. The highest BCUT2D eigenvalue weighted by Gasteiger charge is 2.18. The molecule has 26 heavy (non-hydrogen) atoms. The lowest BCUT2D eigenvalue weighted by atomic mass is 10.1. The van der Waals surface area contributed by atoms with Gasteiger partial charge in [-0.15, -0.1) is 11.3 Å². The maximum absolute atomic E-state index is 12.8. The van der Waals surface area contributed by atoms with Gasteiger partial charge >= 0.3 is 5.97 Å². The summed E-state index contributed by atoms with van der Waals surface area (Å²) < 4.78 is 17.9. The van der Waals surface area contributed by atoms with Crippen LogP contribution in [0.25, 0.3) is 0 Å². The van der Waals surface area contributed by atoms with Crippen LogP contribution in [0.15, 0.2) is 41.8 Å². The first-order valence-electron chi connectivity index (χ1n) is 8.24. The minimum atomic E-state index is -0.937. The third-order valence-electron chi connectivity index (χ3n) is 3.66. The molecule has 1 N–H and O–H groups in total. The average molecular weight is 377 g/mol. The van der Waals surface area contributed by atoms with E-state index in [9.17, 15) is 18.8 Å². The fourth-order valence-electron chi connectivity index (χ4n) is 2.21. The molecule has 1 amide bonds. The number of hydrogen-bond acceptors (Lipinski definition) is 5. The molecule has 7 heteroatoms. The van der Waals surface area contributed by atoms with Crippen LogP contribution in [0.2, 0.25) is 0 Å². The molecule has 0 radical (unpaired) electrons. The second-order valence-corrected chi connectivity index (χ2v) is 6.65. The van der Waals surface area contributed by atoms with Crippen LogP contribution in [-0.2, 0) is 20.7 Å². The number of thiophene rings is 1. The second kappa shape index (κ2) is 9.82. The Morgan fingerprint density at radius 3 is 2.54 bits per heavy atom. The zero-order chi connectivity index (χ0) is 18.9. The van der Waals surface area contributed by atoms with Crippen molar-refractivity contribution in [1.29, 1.82) is 0 Å². The summed E-state index contributed by atoms with van der Waals surface area (Å²) in [5.74, 6) is -1.43. The molecule has 0 spiro atoms. The molecule has 0 aliphatic heterocycles. The fraction of sp³-hybridized carbons (Fsp3) is 0.316. The van der Waals surface area contributed by atoms with Crippen molar-refractivity contribution < 1.29 is 23.5 Å². The van der Waals surface area contributed by atoms with Gasteiger partial charge in [0, 0.05) is 13.0 Å². The summed E-state index contributed by atoms with van der Waals surface area (Å²) in [4.78, 5) is 36.1. The average Bonchev–Trinajstić information content (AvgIpc) is 3.16. The van der Waals surface area contributed by atoms with E-state index in [1.165, 1.54) is 30.4 Å². The number of Topliss-reactive ketones (excluding diaryl/α,β-unsaturated/α-hetero) is 1. The first-order chi connectivity index (χ1) is 12.5. The van der Waals surface area contributed by atoms with E-state index in [1.54, 1.807) is 29.6 Å². The highest BCUT2D eigenvalue weighted by atomic mass is 32.1.